The molecule has 2 aromatic rings. The monoisotopic (exact) mass is 315 g/mol. The van der Waals surface area contributed by atoms with Crippen LogP contribution in [0.4, 0.5) is 4.79 Å². The number of rotatable bonds is 5. The second-order valence-electron chi connectivity index (χ2n) is 4.99. The van der Waals surface area contributed by atoms with E-state index in [4.69, 9.17) is 19.9 Å². The molecular weight excluding hydrogens is 298 g/mol. The lowest BCUT2D eigenvalue weighted by molar-refractivity contribution is 0.174. The molecule has 1 aliphatic heterocycles. The number of fused-ring (bicyclic) bond motifs is 1. The molecule has 23 heavy (non-hydrogen) atoms. The van der Waals surface area contributed by atoms with E-state index in [0.29, 0.717) is 23.8 Å². The number of hydrogen-bond acceptors (Lipinski definition) is 5. The smallest absolute Gasteiger partial charge is 0.328 e. The van der Waals surface area contributed by atoms with E-state index in [2.05, 4.69) is 5.43 Å². The number of carbonyl (C=O) groups excluding carboxylic acids is 1. The Bertz CT molecular complexity index is 703. The van der Waals surface area contributed by atoms with Gasteiger partial charge in [-0.1, -0.05) is 12.1 Å². The van der Waals surface area contributed by atoms with Crippen molar-refractivity contribution < 1.29 is 19.0 Å². The maximum absolute atomic E-state index is 10.9. The molecule has 0 aromatic heterocycles. The van der Waals surface area contributed by atoms with E-state index in [1.807, 2.05) is 36.4 Å². The number of nitrogens with one attached hydrogen (secondary N) is 1. The second kappa shape index (κ2) is 6.45. The summed E-state index contributed by atoms with van der Waals surface area (Å²) in [6.07, 6.45) is 0. The molecule has 2 amide bonds. The molecule has 1 aliphatic rings. The number of amides is 2. The van der Waals surface area contributed by atoms with Crippen LogP contribution < -0.4 is 25.4 Å². The second-order valence-corrected chi connectivity index (χ2v) is 4.99. The van der Waals surface area contributed by atoms with Gasteiger partial charge in [0.05, 0.1) is 0 Å². The quantitative estimate of drug-likeness (QED) is 0.826. The third-order valence-corrected chi connectivity index (χ3v) is 3.35. The van der Waals surface area contributed by atoms with Crippen LogP contribution in [-0.2, 0) is 6.54 Å². The van der Waals surface area contributed by atoms with E-state index >= 15 is 0 Å². The number of ether oxygens (including phenoxy) is 3. The summed E-state index contributed by atoms with van der Waals surface area (Å²) in [5, 5.41) is 1.23. The van der Waals surface area contributed by atoms with Crippen LogP contribution in [0.2, 0.25) is 0 Å². The zero-order chi connectivity index (χ0) is 16.2. The van der Waals surface area contributed by atoms with Crippen molar-refractivity contribution >= 4 is 6.03 Å². The molecule has 0 bridgehead atoms. The van der Waals surface area contributed by atoms with E-state index in [-0.39, 0.29) is 6.79 Å². The van der Waals surface area contributed by atoms with E-state index in [1.54, 1.807) is 13.1 Å². The van der Waals surface area contributed by atoms with Crippen molar-refractivity contribution in [3.05, 3.63) is 48.0 Å². The summed E-state index contributed by atoms with van der Waals surface area (Å²) in [6.45, 7) is 0.726. The summed E-state index contributed by atoms with van der Waals surface area (Å²) in [7, 11) is 1.57. The third kappa shape index (κ3) is 3.64. The lowest BCUT2D eigenvalue weighted by atomic mass is 10.2. The molecule has 120 valence electrons. The summed E-state index contributed by atoms with van der Waals surface area (Å²) < 4.78 is 16.4. The molecule has 0 spiro atoms. The van der Waals surface area contributed by atoms with Crippen LogP contribution in [-0.4, -0.2) is 24.9 Å². The fourth-order valence-electron chi connectivity index (χ4n) is 2.04. The van der Waals surface area contributed by atoms with Gasteiger partial charge in [-0.15, -0.1) is 0 Å². The first-order valence-electron chi connectivity index (χ1n) is 7.05. The van der Waals surface area contributed by atoms with Gasteiger partial charge >= 0.3 is 6.03 Å². The molecule has 0 unspecified atom stereocenters. The topological polar surface area (TPSA) is 86.1 Å². The predicted octanol–water partition coefficient (Wildman–Crippen LogP) is 2.22. The molecule has 7 heteroatoms. The molecule has 1 heterocycles. The van der Waals surface area contributed by atoms with Crippen molar-refractivity contribution in [2.24, 2.45) is 5.73 Å². The Labute approximate surface area is 133 Å². The van der Waals surface area contributed by atoms with Crippen LogP contribution in [0.3, 0.4) is 0 Å². The largest absolute Gasteiger partial charge is 0.457 e. The standard InChI is InChI=1S/C16H17N3O4/c1-19(16(17)20)18-9-11-2-4-12(5-3-11)23-13-6-7-14-15(8-13)22-10-21-14/h2-8,18H,9-10H2,1H3,(H2,17,20). The minimum atomic E-state index is -0.534. The average molecular weight is 315 g/mol. The van der Waals surface area contributed by atoms with Crippen molar-refractivity contribution in [3.63, 3.8) is 0 Å². The molecule has 0 atom stereocenters. The van der Waals surface area contributed by atoms with Gasteiger partial charge in [-0.25, -0.2) is 10.2 Å². The van der Waals surface area contributed by atoms with E-state index in [9.17, 15) is 4.79 Å². The van der Waals surface area contributed by atoms with E-state index in [0.717, 1.165) is 11.3 Å². The molecule has 2 aromatic carbocycles. The van der Waals surface area contributed by atoms with Gasteiger partial charge in [0.2, 0.25) is 6.79 Å². The number of benzene rings is 2. The molecule has 3 rings (SSSR count). The van der Waals surface area contributed by atoms with Gasteiger partial charge in [-0.2, -0.15) is 0 Å². The molecule has 3 N–H and O–H groups in total. The zero-order valence-electron chi connectivity index (χ0n) is 12.6. The minimum absolute atomic E-state index is 0.236. The first kappa shape index (κ1) is 15.0. The first-order valence-corrected chi connectivity index (χ1v) is 7.05. The van der Waals surface area contributed by atoms with Crippen LogP contribution in [0.5, 0.6) is 23.0 Å². The number of nitrogens with zero attached hydrogens (tertiary/aromatic N) is 1. The fourth-order valence-corrected chi connectivity index (χ4v) is 2.04. The Balaban J connectivity index is 1.60. The summed E-state index contributed by atoms with van der Waals surface area (Å²) >= 11 is 0. The molecule has 0 saturated carbocycles. The Hall–Kier alpha value is -2.93. The highest BCUT2D eigenvalue weighted by atomic mass is 16.7. The van der Waals surface area contributed by atoms with Gasteiger partial charge in [0.1, 0.15) is 11.5 Å². The van der Waals surface area contributed by atoms with Gasteiger partial charge in [0, 0.05) is 19.7 Å². The Kier molecular flexibility index (Phi) is 4.20. The van der Waals surface area contributed by atoms with Gasteiger partial charge in [0.25, 0.3) is 0 Å². The van der Waals surface area contributed by atoms with E-state index in [1.165, 1.54) is 5.01 Å². The lowest BCUT2D eigenvalue weighted by Crippen LogP contribution is -2.42. The van der Waals surface area contributed by atoms with Crippen LogP contribution >= 0.6 is 0 Å². The maximum atomic E-state index is 10.9. The zero-order valence-corrected chi connectivity index (χ0v) is 12.6. The highest BCUT2D eigenvalue weighted by molar-refractivity contribution is 5.70. The number of hydrazine groups is 1. The molecular formula is C16H17N3O4. The number of hydrogen-bond donors (Lipinski definition) is 2. The number of nitrogens with two attached hydrogens (primary N) is 1. The lowest BCUT2D eigenvalue weighted by Gasteiger charge is -2.15. The summed E-state index contributed by atoms with van der Waals surface area (Å²) in [5.41, 5.74) is 9.01. The van der Waals surface area contributed by atoms with Gasteiger partial charge in [0.15, 0.2) is 11.5 Å². The van der Waals surface area contributed by atoms with E-state index < -0.39 is 6.03 Å². The summed E-state index contributed by atoms with van der Waals surface area (Å²) in [4.78, 5) is 10.9. The molecule has 0 saturated heterocycles. The number of urea groups is 1. The van der Waals surface area contributed by atoms with Crippen molar-refractivity contribution in [3.8, 4) is 23.0 Å². The summed E-state index contributed by atoms with van der Waals surface area (Å²) in [6, 6.07) is 12.4. The maximum Gasteiger partial charge on any atom is 0.328 e. The normalized spacial score (nSPS) is 12.0. The number of primary amides is 1. The Morgan fingerprint density at radius 1 is 1.17 bits per heavy atom. The molecule has 7 nitrogen and oxygen atoms in total. The Morgan fingerprint density at radius 3 is 2.61 bits per heavy atom. The fraction of sp³-hybridized carbons (Fsp3) is 0.188. The number of carbonyl (C=O) groups is 1. The summed E-state index contributed by atoms with van der Waals surface area (Å²) in [5.74, 6) is 2.78. The first-order chi connectivity index (χ1) is 11.1. The molecule has 0 radical (unpaired) electrons. The minimum Gasteiger partial charge on any atom is -0.457 e. The van der Waals surface area contributed by atoms with Crippen molar-refractivity contribution in [1.82, 2.24) is 10.4 Å². The van der Waals surface area contributed by atoms with Crippen molar-refractivity contribution in [2.75, 3.05) is 13.8 Å². The SMILES string of the molecule is CN(NCc1ccc(Oc2ccc3c(c2)OCO3)cc1)C(N)=O. The third-order valence-electron chi connectivity index (χ3n) is 3.35. The highest BCUT2D eigenvalue weighted by Gasteiger charge is 2.14. The van der Waals surface area contributed by atoms with Crippen LogP contribution in [0, 0.1) is 0 Å². The van der Waals surface area contributed by atoms with Crippen LogP contribution in [0.1, 0.15) is 5.56 Å². The van der Waals surface area contributed by atoms with Gasteiger partial charge in [-0.3, -0.25) is 5.01 Å². The predicted molar refractivity (Wildman–Crippen MR) is 83.3 cm³/mol. The van der Waals surface area contributed by atoms with Crippen LogP contribution in [0.15, 0.2) is 42.5 Å². The van der Waals surface area contributed by atoms with Crippen molar-refractivity contribution in [2.45, 2.75) is 6.54 Å². The highest BCUT2D eigenvalue weighted by Crippen LogP contribution is 2.36. The average Bonchev–Trinajstić information content (AvgIpc) is 3.01. The molecule has 0 aliphatic carbocycles. The van der Waals surface area contributed by atoms with Crippen molar-refractivity contribution in [1.29, 1.82) is 0 Å². The Morgan fingerprint density at radius 2 is 1.87 bits per heavy atom. The van der Waals surface area contributed by atoms with Crippen LogP contribution in [0.25, 0.3) is 0 Å². The molecule has 0 fully saturated rings. The van der Waals surface area contributed by atoms with Gasteiger partial charge < -0.3 is 19.9 Å². The van der Waals surface area contributed by atoms with Gasteiger partial charge in [-0.05, 0) is 29.8 Å².